The number of nitrogens with one attached hydrogen (secondary N) is 1. The fourth-order valence-electron chi connectivity index (χ4n) is 1.10. The van der Waals surface area contributed by atoms with Crippen LogP contribution in [-0.4, -0.2) is 18.1 Å². The Morgan fingerprint density at radius 3 is 2.79 bits per heavy atom. The Morgan fingerprint density at radius 2 is 2.07 bits per heavy atom. The van der Waals surface area contributed by atoms with Crippen LogP contribution in [0, 0.1) is 0 Å². The smallest absolute Gasteiger partial charge is 0.232 e. The number of carbonyl (C=O) groups is 1. The molecule has 2 rings (SSSR count). The fourth-order valence-corrected chi connectivity index (χ4v) is 1.10. The Labute approximate surface area is 81.4 Å². The molecule has 1 N–H and O–H groups in total. The van der Waals surface area contributed by atoms with E-state index < -0.39 is 0 Å². The predicted octanol–water partition coefficient (Wildman–Crippen LogP) is 1.26. The van der Waals surface area contributed by atoms with Crippen molar-refractivity contribution in [2.24, 2.45) is 9.98 Å². The summed E-state index contributed by atoms with van der Waals surface area (Å²) in [5.41, 5.74) is 0.779. The number of nitrogens with zero attached hydrogens (tertiary/aromatic N) is 2. The highest BCUT2D eigenvalue weighted by Gasteiger charge is 2.07. The van der Waals surface area contributed by atoms with E-state index in [2.05, 4.69) is 15.3 Å². The molecule has 4 heteroatoms. The molecule has 0 aliphatic carbocycles. The maximum atomic E-state index is 11.0. The number of guanidine groups is 1. The maximum absolute atomic E-state index is 11.0. The van der Waals surface area contributed by atoms with Crippen molar-refractivity contribution in [2.45, 2.75) is 6.42 Å². The summed E-state index contributed by atoms with van der Waals surface area (Å²) < 4.78 is 0. The number of para-hydroxylation sites is 1. The number of benzene rings is 1. The van der Waals surface area contributed by atoms with Crippen molar-refractivity contribution in [2.75, 3.05) is 0 Å². The lowest BCUT2D eigenvalue weighted by Crippen LogP contribution is -2.32. The zero-order valence-corrected chi connectivity index (χ0v) is 7.47. The minimum absolute atomic E-state index is 0.0744. The summed E-state index contributed by atoms with van der Waals surface area (Å²) in [4.78, 5) is 19.1. The zero-order valence-electron chi connectivity index (χ0n) is 7.47. The Balaban J connectivity index is 2.23. The van der Waals surface area contributed by atoms with Gasteiger partial charge >= 0.3 is 0 Å². The molecule has 1 aromatic rings. The second-order valence-corrected chi connectivity index (χ2v) is 2.83. The van der Waals surface area contributed by atoms with Crippen molar-refractivity contribution >= 4 is 23.8 Å². The SMILES string of the molecule is O=C1CC=NC(=Nc2ccccc2)N1. The van der Waals surface area contributed by atoms with Crippen molar-refractivity contribution in [1.82, 2.24) is 5.32 Å². The van der Waals surface area contributed by atoms with E-state index in [1.807, 2.05) is 30.3 Å². The molecule has 14 heavy (non-hydrogen) atoms. The average Bonchev–Trinajstić information content (AvgIpc) is 2.19. The molecule has 1 heterocycles. The summed E-state index contributed by atoms with van der Waals surface area (Å²) in [6.07, 6.45) is 1.88. The Morgan fingerprint density at radius 1 is 1.29 bits per heavy atom. The third-order valence-electron chi connectivity index (χ3n) is 1.73. The molecule has 0 unspecified atom stereocenters. The second kappa shape index (κ2) is 3.83. The number of hydrogen-bond acceptors (Lipinski definition) is 2. The first-order chi connectivity index (χ1) is 6.84. The highest BCUT2D eigenvalue weighted by atomic mass is 16.1. The Kier molecular flexibility index (Phi) is 2.36. The van der Waals surface area contributed by atoms with Gasteiger partial charge in [0.15, 0.2) is 0 Å². The summed E-state index contributed by atoms with van der Waals surface area (Å²) in [5, 5.41) is 2.58. The Hall–Kier alpha value is -1.97. The van der Waals surface area contributed by atoms with Crippen LogP contribution in [-0.2, 0) is 4.79 Å². The normalized spacial score (nSPS) is 18.3. The van der Waals surface area contributed by atoms with Crippen LogP contribution < -0.4 is 5.32 Å². The van der Waals surface area contributed by atoms with Gasteiger partial charge in [0.25, 0.3) is 0 Å². The molecule has 0 bridgehead atoms. The van der Waals surface area contributed by atoms with E-state index in [1.54, 1.807) is 6.21 Å². The molecule has 0 fully saturated rings. The lowest BCUT2D eigenvalue weighted by Gasteiger charge is -2.06. The summed E-state index contributed by atoms with van der Waals surface area (Å²) in [6, 6.07) is 9.38. The molecule has 0 saturated heterocycles. The number of rotatable bonds is 1. The van der Waals surface area contributed by atoms with Gasteiger partial charge in [-0.1, -0.05) is 18.2 Å². The van der Waals surface area contributed by atoms with E-state index in [0.717, 1.165) is 5.69 Å². The number of aliphatic imine (C=N–C) groups is 2. The van der Waals surface area contributed by atoms with E-state index in [0.29, 0.717) is 12.4 Å². The van der Waals surface area contributed by atoms with E-state index in [-0.39, 0.29) is 5.91 Å². The van der Waals surface area contributed by atoms with E-state index in [4.69, 9.17) is 0 Å². The predicted molar refractivity (Wildman–Crippen MR) is 54.8 cm³/mol. The van der Waals surface area contributed by atoms with Crippen molar-refractivity contribution in [1.29, 1.82) is 0 Å². The van der Waals surface area contributed by atoms with Crippen LogP contribution >= 0.6 is 0 Å². The molecule has 1 amide bonds. The van der Waals surface area contributed by atoms with Crippen LogP contribution in [0.25, 0.3) is 0 Å². The molecular weight excluding hydrogens is 178 g/mol. The standard InChI is InChI=1S/C10H9N3O/c14-9-6-7-11-10(13-9)12-8-4-2-1-3-5-8/h1-5,7H,6H2,(H,12,13,14). The summed E-state index contributed by atoms with van der Waals surface area (Å²) >= 11 is 0. The first kappa shape index (κ1) is 8.62. The topological polar surface area (TPSA) is 53.8 Å². The molecule has 1 aliphatic heterocycles. The van der Waals surface area contributed by atoms with Crippen LogP contribution in [0.5, 0.6) is 0 Å². The second-order valence-electron chi connectivity index (χ2n) is 2.83. The van der Waals surface area contributed by atoms with Gasteiger partial charge in [0.1, 0.15) is 0 Å². The fraction of sp³-hybridized carbons (Fsp3) is 0.100. The number of amides is 1. The Bertz CT molecular complexity index is 395. The van der Waals surface area contributed by atoms with Gasteiger partial charge in [-0.3, -0.25) is 10.1 Å². The summed E-state index contributed by atoms with van der Waals surface area (Å²) in [6.45, 7) is 0. The zero-order chi connectivity index (χ0) is 9.80. The van der Waals surface area contributed by atoms with Gasteiger partial charge in [-0.25, -0.2) is 9.98 Å². The lowest BCUT2D eigenvalue weighted by atomic mass is 10.3. The molecular formula is C10H9N3O. The number of hydrogen-bond donors (Lipinski definition) is 1. The van der Waals surface area contributed by atoms with Crippen LogP contribution in [0.15, 0.2) is 40.3 Å². The average molecular weight is 187 g/mol. The van der Waals surface area contributed by atoms with Gasteiger partial charge in [-0.15, -0.1) is 0 Å². The van der Waals surface area contributed by atoms with Gasteiger partial charge in [-0.05, 0) is 12.1 Å². The van der Waals surface area contributed by atoms with Crippen LogP contribution in [0.3, 0.4) is 0 Å². The molecule has 1 aliphatic rings. The third-order valence-corrected chi connectivity index (χ3v) is 1.73. The molecule has 4 nitrogen and oxygen atoms in total. The molecule has 1 aromatic carbocycles. The van der Waals surface area contributed by atoms with Crippen molar-refractivity contribution < 1.29 is 4.79 Å². The van der Waals surface area contributed by atoms with Gasteiger partial charge in [0, 0.05) is 6.21 Å². The largest absolute Gasteiger partial charge is 0.294 e. The lowest BCUT2D eigenvalue weighted by molar-refractivity contribution is -0.118. The summed E-state index contributed by atoms with van der Waals surface area (Å²) in [7, 11) is 0. The monoisotopic (exact) mass is 187 g/mol. The first-order valence-corrected chi connectivity index (χ1v) is 4.31. The van der Waals surface area contributed by atoms with E-state index >= 15 is 0 Å². The van der Waals surface area contributed by atoms with Gasteiger partial charge in [0.2, 0.25) is 11.9 Å². The molecule has 0 spiro atoms. The third kappa shape index (κ3) is 2.04. The highest BCUT2D eigenvalue weighted by Crippen LogP contribution is 2.10. The minimum Gasteiger partial charge on any atom is -0.294 e. The quantitative estimate of drug-likeness (QED) is 0.707. The molecule has 0 atom stereocenters. The number of carbonyl (C=O) groups excluding carboxylic acids is 1. The minimum atomic E-state index is -0.0744. The summed E-state index contributed by atoms with van der Waals surface area (Å²) in [5.74, 6) is 0.280. The molecule has 0 aromatic heterocycles. The van der Waals surface area contributed by atoms with E-state index in [1.165, 1.54) is 0 Å². The first-order valence-electron chi connectivity index (χ1n) is 4.31. The molecule has 0 radical (unpaired) electrons. The van der Waals surface area contributed by atoms with E-state index in [9.17, 15) is 4.79 Å². The van der Waals surface area contributed by atoms with Gasteiger partial charge < -0.3 is 0 Å². The van der Waals surface area contributed by atoms with Crippen LogP contribution in [0.2, 0.25) is 0 Å². The van der Waals surface area contributed by atoms with Crippen molar-refractivity contribution in [3.8, 4) is 0 Å². The highest BCUT2D eigenvalue weighted by molar-refractivity contribution is 6.09. The van der Waals surface area contributed by atoms with Gasteiger partial charge in [-0.2, -0.15) is 0 Å². The van der Waals surface area contributed by atoms with Crippen LogP contribution in [0.4, 0.5) is 5.69 Å². The molecule has 0 saturated carbocycles. The molecule has 70 valence electrons. The van der Waals surface area contributed by atoms with Crippen LogP contribution in [0.1, 0.15) is 6.42 Å². The van der Waals surface area contributed by atoms with Crippen molar-refractivity contribution in [3.63, 3.8) is 0 Å². The van der Waals surface area contributed by atoms with Crippen molar-refractivity contribution in [3.05, 3.63) is 30.3 Å². The maximum Gasteiger partial charge on any atom is 0.232 e. The van der Waals surface area contributed by atoms with Gasteiger partial charge in [0.05, 0.1) is 12.1 Å².